The standard InChI is InChI=1S/C17H16N4O2/c18-10-9-16(22)20-11-13-3-1-2-4-15(13)21-17(23)12-5-7-14(19)8-6-12/h1-8H,9,11,19H2,(H,20,22)(H,21,23). The van der Waals surface area contributed by atoms with Crippen molar-refractivity contribution in [3.8, 4) is 6.07 Å². The van der Waals surface area contributed by atoms with Crippen LogP contribution in [0.2, 0.25) is 0 Å². The van der Waals surface area contributed by atoms with Gasteiger partial charge in [0.15, 0.2) is 0 Å². The number of amides is 2. The second kappa shape index (κ2) is 7.61. The van der Waals surface area contributed by atoms with E-state index in [2.05, 4.69) is 10.6 Å². The minimum atomic E-state index is -0.354. The lowest BCUT2D eigenvalue weighted by Gasteiger charge is -2.11. The van der Waals surface area contributed by atoms with E-state index in [1.807, 2.05) is 6.07 Å². The maximum atomic E-state index is 12.2. The van der Waals surface area contributed by atoms with Crippen LogP contribution in [0.5, 0.6) is 0 Å². The first-order chi connectivity index (χ1) is 11.1. The van der Waals surface area contributed by atoms with Crippen LogP contribution < -0.4 is 16.4 Å². The van der Waals surface area contributed by atoms with Crippen molar-refractivity contribution in [2.24, 2.45) is 0 Å². The van der Waals surface area contributed by atoms with E-state index in [-0.39, 0.29) is 24.8 Å². The van der Waals surface area contributed by atoms with E-state index in [1.165, 1.54) is 0 Å². The highest BCUT2D eigenvalue weighted by Crippen LogP contribution is 2.16. The van der Waals surface area contributed by atoms with Gasteiger partial charge in [0.25, 0.3) is 5.91 Å². The number of para-hydroxylation sites is 1. The molecule has 0 unspecified atom stereocenters. The van der Waals surface area contributed by atoms with Gasteiger partial charge in [-0.25, -0.2) is 0 Å². The maximum Gasteiger partial charge on any atom is 0.255 e. The minimum absolute atomic E-state index is 0.194. The van der Waals surface area contributed by atoms with Gasteiger partial charge in [0, 0.05) is 23.5 Å². The van der Waals surface area contributed by atoms with Gasteiger partial charge in [0.2, 0.25) is 5.91 Å². The highest BCUT2D eigenvalue weighted by Gasteiger charge is 2.09. The van der Waals surface area contributed by atoms with Gasteiger partial charge in [-0.1, -0.05) is 18.2 Å². The number of nitrogens with two attached hydrogens (primary N) is 1. The topological polar surface area (TPSA) is 108 Å². The number of benzene rings is 2. The number of nitrogens with one attached hydrogen (secondary N) is 2. The summed E-state index contributed by atoms with van der Waals surface area (Å²) in [6, 6.07) is 15.5. The Hall–Kier alpha value is -3.33. The molecule has 2 amide bonds. The van der Waals surface area contributed by atoms with Crippen molar-refractivity contribution in [2.75, 3.05) is 11.1 Å². The summed E-state index contributed by atoms with van der Waals surface area (Å²) in [6.07, 6.45) is -0.194. The SMILES string of the molecule is N#CCC(=O)NCc1ccccc1NC(=O)c1ccc(N)cc1. The fourth-order valence-corrected chi connectivity index (χ4v) is 1.95. The zero-order chi connectivity index (χ0) is 16.7. The molecule has 0 fully saturated rings. The maximum absolute atomic E-state index is 12.2. The number of carbonyl (C=O) groups excluding carboxylic acids is 2. The number of hydrogen-bond acceptors (Lipinski definition) is 4. The Morgan fingerprint density at radius 3 is 2.48 bits per heavy atom. The lowest BCUT2D eigenvalue weighted by molar-refractivity contribution is -0.120. The van der Waals surface area contributed by atoms with E-state index < -0.39 is 0 Å². The molecule has 2 rings (SSSR count). The monoisotopic (exact) mass is 308 g/mol. The van der Waals surface area contributed by atoms with E-state index in [4.69, 9.17) is 11.0 Å². The molecular weight excluding hydrogens is 292 g/mol. The van der Waals surface area contributed by atoms with Crippen molar-refractivity contribution in [1.29, 1.82) is 5.26 Å². The third kappa shape index (κ3) is 4.58. The number of carbonyl (C=O) groups is 2. The Bertz CT molecular complexity index is 748. The minimum Gasteiger partial charge on any atom is -0.399 e. The fraction of sp³-hybridized carbons (Fsp3) is 0.118. The van der Waals surface area contributed by atoms with Gasteiger partial charge in [-0.2, -0.15) is 5.26 Å². The number of nitrogen functional groups attached to an aromatic ring is 1. The smallest absolute Gasteiger partial charge is 0.255 e. The Morgan fingerprint density at radius 2 is 1.78 bits per heavy atom. The Balaban J connectivity index is 2.08. The molecule has 2 aromatic rings. The summed E-state index contributed by atoms with van der Waals surface area (Å²) in [5, 5.41) is 13.9. The lowest BCUT2D eigenvalue weighted by atomic mass is 10.1. The van der Waals surface area contributed by atoms with E-state index in [9.17, 15) is 9.59 Å². The van der Waals surface area contributed by atoms with Crippen LogP contribution in [0.25, 0.3) is 0 Å². The summed E-state index contributed by atoms with van der Waals surface area (Å²) >= 11 is 0. The van der Waals surface area contributed by atoms with Crippen LogP contribution in [0.15, 0.2) is 48.5 Å². The van der Waals surface area contributed by atoms with Crippen molar-refractivity contribution >= 4 is 23.2 Å². The fourth-order valence-electron chi connectivity index (χ4n) is 1.95. The van der Waals surface area contributed by atoms with Gasteiger partial charge in [-0.05, 0) is 35.9 Å². The van der Waals surface area contributed by atoms with Crippen LogP contribution >= 0.6 is 0 Å². The third-order valence-electron chi connectivity index (χ3n) is 3.15. The number of nitrogens with zero attached hydrogens (tertiary/aromatic N) is 1. The highest BCUT2D eigenvalue weighted by molar-refractivity contribution is 6.04. The van der Waals surface area contributed by atoms with E-state index in [0.29, 0.717) is 16.9 Å². The van der Waals surface area contributed by atoms with Gasteiger partial charge in [-0.15, -0.1) is 0 Å². The quantitative estimate of drug-likeness (QED) is 0.734. The number of rotatable bonds is 5. The van der Waals surface area contributed by atoms with Gasteiger partial charge in [0.1, 0.15) is 6.42 Å². The number of anilines is 2. The van der Waals surface area contributed by atoms with Crippen LogP contribution in [0.3, 0.4) is 0 Å². The average molecular weight is 308 g/mol. The van der Waals surface area contributed by atoms with Crippen LogP contribution in [0.1, 0.15) is 22.3 Å². The molecule has 2 aromatic carbocycles. The summed E-state index contributed by atoms with van der Waals surface area (Å²) in [5.74, 6) is -0.618. The molecule has 116 valence electrons. The first kappa shape index (κ1) is 16.0. The van der Waals surface area contributed by atoms with Gasteiger partial charge in [0.05, 0.1) is 6.07 Å². The molecule has 4 N–H and O–H groups in total. The molecule has 0 aliphatic rings. The zero-order valence-electron chi connectivity index (χ0n) is 12.4. The molecular formula is C17H16N4O2. The molecule has 0 atom stereocenters. The van der Waals surface area contributed by atoms with Crippen molar-refractivity contribution in [3.05, 3.63) is 59.7 Å². The van der Waals surface area contributed by atoms with E-state index in [1.54, 1.807) is 48.5 Å². The van der Waals surface area contributed by atoms with Crippen molar-refractivity contribution in [2.45, 2.75) is 13.0 Å². The highest BCUT2D eigenvalue weighted by atomic mass is 16.2. The molecule has 0 saturated carbocycles. The number of nitriles is 1. The molecule has 6 heteroatoms. The first-order valence-electron chi connectivity index (χ1n) is 6.98. The molecule has 0 saturated heterocycles. The normalized spacial score (nSPS) is 9.70. The zero-order valence-corrected chi connectivity index (χ0v) is 12.4. The predicted octanol–water partition coefficient (Wildman–Crippen LogP) is 2.05. The Morgan fingerprint density at radius 1 is 1.09 bits per heavy atom. The van der Waals surface area contributed by atoms with Crippen LogP contribution in [0.4, 0.5) is 11.4 Å². The van der Waals surface area contributed by atoms with E-state index in [0.717, 1.165) is 5.56 Å². The lowest BCUT2D eigenvalue weighted by Crippen LogP contribution is -2.23. The number of hydrogen-bond donors (Lipinski definition) is 3. The second-order valence-electron chi connectivity index (χ2n) is 4.84. The molecule has 0 aliphatic heterocycles. The van der Waals surface area contributed by atoms with Crippen LogP contribution in [-0.2, 0) is 11.3 Å². The second-order valence-corrected chi connectivity index (χ2v) is 4.84. The summed E-state index contributed by atoms with van der Waals surface area (Å²) in [4.78, 5) is 23.6. The molecule has 0 aliphatic carbocycles. The first-order valence-corrected chi connectivity index (χ1v) is 6.98. The van der Waals surface area contributed by atoms with Crippen molar-refractivity contribution in [1.82, 2.24) is 5.32 Å². The van der Waals surface area contributed by atoms with Gasteiger partial charge >= 0.3 is 0 Å². The summed E-state index contributed by atoms with van der Waals surface area (Å²) in [6.45, 7) is 0.235. The Labute approximate surface area is 133 Å². The molecule has 0 heterocycles. The summed E-state index contributed by atoms with van der Waals surface area (Å²) in [7, 11) is 0. The predicted molar refractivity (Wildman–Crippen MR) is 87.3 cm³/mol. The molecule has 0 bridgehead atoms. The van der Waals surface area contributed by atoms with Crippen LogP contribution in [0, 0.1) is 11.3 Å². The van der Waals surface area contributed by atoms with Crippen LogP contribution in [-0.4, -0.2) is 11.8 Å². The largest absolute Gasteiger partial charge is 0.399 e. The molecule has 0 aromatic heterocycles. The van der Waals surface area contributed by atoms with Gasteiger partial charge in [-0.3, -0.25) is 9.59 Å². The van der Waals surface area contributed by atoms with E-state index >= 15 is 0 Å². The average Bonchev–Trinajstić information content (AvgIpc) is 2.55. The van der Waals surface area contributed by atoms with Crippen molar-refractivity contribution < 1.29 is 9.59 Å². The third-order valence-corrected chi connectivity index (χ3v) is 3.15. The van der Waals surface area contributed by atoms with Crippen molar-refractivity contribution in [3.63, 3.8) is 0 Å². The molecule has 6 nitrogen and oxygen atoms in total. The Kier molecular flexibility index (Phi) is 5.31. The molecule has 0 spiro atoms. The summed E-state index contributed by atoms with van der Waals surface area (Å²) in [5.41, 5.74) is 8.03. The molecule has 23 heavy (non-hydrogen) atoms. The molecule has 0 radical (unpaired) electrons. The summed E-state index contributed by atoms with van der Waals surface area (Å²) < 4.78 is 0. The van der Waals surface area contributed by atoms with Gasteiger partial charge < -0.3 is 16.4 Å².